The topological polar surface area (TPSA) is 29.5 Å². The highest BCUT2D eigenvalue weighted by atomic mass is 16.5. The summed E-state index contributed by atoms with van der Waals surface area (Å²) in [6, 6.07) is 11.4. The maximum Gasteiger partial charge on any atom is 0.165 e. The quantitative estimate of drug-likeness (QED) is 0.785. The molecule has 1 N–H and O–H groups in total. The molecule has 72 valence electrons. The van der Waals surface area contributed by atoms with Crippen molar-refractivity contribution < 1.29 is 9.84 Å². The van der Waals surface area contributed by atoms with Crippen molar-refractivity contribution in [1.29, 1.82) is 0 Å². The molecular weight excluding hydrogens is 176 g/mol. The fourth-order valence-electron chi connectivity index (χ4n) is 1.51. The van der Waals surface area contributed by atoms with Crippen LogP contribution in [0.5, 0.6) is 11.5 Å². The molecule has 0 amide bonds. The normalized spacial score (nSPS) is 10.4. The molecular formula is C12H12O2. The molecule has 2 aromatic rings. The Labute approximate surface area is 82.8 Å². The molecule has 0 bridgehead atoms. The molecule has 0 saturated carbocycles. The van der Waals surface area contributed by atoms with Gasteiger partial charge in [-0.05, 0) is 18.4 Å². The van der Waals surface area contributed by atoms with Crippen LogP contribution in [0.1, 0.15) is 6.92 Å². The number of fused-ring (bicyclic) bond motifs is 1. The van der Waals surface area contributed by atoms with Crippen molar-refractivity contribution in [2.75, 3.05) is 6.61 Å². The Morgan fingerprint density at radius 3 is 2.71 bits per heavy atom. The van der Waals surface area contributed by atoms with Gasteiger partial charge in [0.2, 0.25) is 0 Å². The minimum atomic E-state index is 0.227. The summed E-state index contributed by atoms with van der Waals surface area (Å²) in [6.07, 6.45) is 0. The Bertz CT molecular complexity index is 449. The molecule has 0 spiro atoms. The molecule has 0 aliphatic heterocycles. The number of phenolic OH excluding ortho intramolecular Hbond substituents is 1. The first kappa shape index (κ1) is 8.88. The zero-order valence-corrected chi connectivity index (χ0v) is 8.03. The van der Waals surface area contributed by atoms with Crippen molar-refractivity contribution in [2.24, 2.45) is 0 Å². The van der Waals surface area contributed by atoms with E-state index in [1.807, 2.05) is 37.3 Å². The Morgan fingerprint density at radius 2 is 1.93 bits per heavy atom. The minimum Gasteiger partial charge on any atom is -0.504 e. The highest BCUT2D eigenvalue weighted by molar-refractivity contribution is 5.90. The summed E-state index contributed by atoms with van der Waals surface area (Å²) in [6.45, 7) is 2.46. The van der Waals surface area contributed by atoms with E-state index in [2.05, 4.69) is 0 Å². The fraction of sp³-hybridized carbons (Fsp3) is 0.167. The maximum atomic E-state index is 9.86. The predicted octanol–water partition coefficient (Wildman–Crippen LogP) is 2.94. The molecule has 0 unspecified atom stereocenters. The highest BCUT2D eigenvalue weighted by Crippen LogP contribution is 2.33. The molecule has 2 rings (SSSR count). The van der Waals surface area contributed by atoms with E-state index in [1.54, 1.807) is 6.07 Å². The van der Waals surface area contributed by atoms with E-state index in [-0.39, 0.29) is 5.75 Å². The molecule has 0 aliphatic rings. The standard InChI is InChI=1S/C12H12O2/c1-2-14-11-8-7-9-5-3-4-6-10(9)12(11)13/h3-8,13H,2H2,1H3. The van der Waals surface area contributed by atoms with Gasteiger partial charge < -0.3 is 9.84 Å². The van der Waals surface area contributed by atoms with Gasteiger partial charge in [-0.1, -0.05) is 30.3 Å². The van der Waals surface area contributed by atoms with Gasteiger partial charge in [-0.3, -0.25) is 0 Å². The molecule has 2 aromatic carbocycles. The van der Waals surface area contributed by atoms with E-state index < -0.39 is 0 Å². The minimum absolute atomic E-state index is 0.227. The molecule has 14 heavy (non-hydrogen) atoms. The lowest BCUT2D eigenvalue weighted by Gasteiger charge is -2.07. The molecule has 0 aliphatic carbocycles. The van der Waals surface area contributed by atoms with Crippen molar-refractivity contribution in [1.82, 2.24) is 0 Å². The summed E-state index contributed by atoms with van der Waals surface area (Å²) >= 11 is 0. The summed E-state index contributed by atoms with van der Waals surface area (Å²) in [7, 11) is 0. The van der Waals surface area contributed by atoms with Crippen LogP contribution in [0, 0.1) is 0 Å². The second kappa shape index (κ2) is 3.58. The summed E-state index contributed by atoms with van der Waals surface area (Å²) in [5.41, 5.74) is 0. The molecule has 2 nitrogen and oxygen atoms in total. The maximum absolute atomic E-state index is 9.86. The Balaban J connectivity index is 2.63. The second-order valence-electron chi connectivity index (χ2n) is 3.07. The fourth-order valence-corrected chi connectivity index (χ4v) is 1.51. The van der Waals surface area contributed by atoms with Crippen LogP contribution in [-0.2, 0) is 0 Å². The van der Waals surface area contributed by atoms with Crippen molar-refractivity contribution in [3.63, 3.8) is 0 Å². The zero-order chi connectivity index (χ0) is 9.97. The van der Waals surface area contributed by atoms with Crippen LogP contribution in [0.25, 0.3) is 10.8 Å². The third-order valence-electron chi connectivity index (χ3n) is 2.16. The van der Waals surface area contributed by atoms with Gasteiger partial charge in [-0.2, -0.15) is 0 Å². The van der Waals surface area contributed by atoms with E-state index in [0.717, 1.165) is 10.8 Å². The van der Waals surface area contributed by atoms with Crippen LogP contribution < -0.4 is 4.74 Å². The molecule has 2 heteroatoms. The number of aromatic hydroxyl groups is 1. The second-order valence-corrected chi connectivity index (χ2v) is 3.07. The molecule has 0 fully saturated rings. The number of hydrogen-bond acceptors (Lipinski definition) is 2. The van der Waals surface area contributed by atoms with Crippen LogP contribution in [-0.4, -0.2) is 11.7 Å². The lowest BCUT2D eigenvalue weighted by Crippen LogP contribution is -1.91. The first-order chi connectivity index (χ1) is 6.83. The summed E-state index contributed by atoms with van der Waals surface area (Å²) in [5, 5.41) is 11.7. The van der Waals surface area contributed by atoms with Gasteiger partial charge in [-0.25, -0.2) is 0 Å². The van der Waals surface area contributed by atoms with Crippen LogP contribution in [0.15, 0.2) is 36.4 Å². The van der Waals surface area contributed by atoms with Gasteiger partial charge in [0.05, 0.1) is 6.61 Å². The first-order valence-corrected chi connectivity index (χ1v) is 4.66. The summed E-state index contributed by atoms with van der Waals surface area (Å²) in [5.74, 6) is 0.774. The van der Waals surface area contributed by atoms with Crippen LogP contribution in [0.3, 0.4) is 0 Å². The largest absolute Gasteiger partial charge is 0.504 e. The first-order valence-electron chi connectivity index (χ1n) is 4.66. The van der Waals surface area contributed by atoms with E-state index in [4.69, 9.17) is 4.74 Å². The Morgan fingerprint density at radius 1 is 1.14 bits per heavy atom. The van der Waals surface area contributed by atoms with Crippen LogP contribution in [0.4, 0.5) is 0 Å². The van der Waals surface area contributed by atoms with Crippen molar-refractivity contribution in [3.05, 3.63) is 36.4 Å². The van der Waals surface area contributed by atoms with Crippen molar-refractivity contribution in [2.45, 2.75) is 6.92 Å². The zero-order valence-electron chi connectivity index (χ0n) is 8.03. The van der Waals surface area contributed by atoms with Gasteiger partial charge in [0.1, 0.15) is 0 Å². The lowest BCUT2D eigenvalue weighted by atomic mass is 10.1. The smallest absolute Gasteiger partial charge is 0.165 e. The molecule has 0 aromatic heterocycles. The van der Waals surface area contributed by atoms with Gasteiger partial charge >= 0.3 is 0 Å². The van der Waals surface area contributed by atoms with E-state index in [9.17, 15) is 5.11 Å². The van der Waals surface area contributed by atoms with Crippen LogP contribution in [0.2, 0.25) is 0 Å². The average molecular weight is 188 g/mol. The van der Waals surface area contributed by atoms with E-state index >= 15 is 0 Å². The SMILES string of the molecule is CCOc1ccc2ccccc2c1O. The molecule has 0 radical (unpaired) electrons. The predicted molar refractivity (Wildman–Crippen MR) is 56.8 cm³/mol. The number of phenols is 1. The van der Waals surface area contributed by atoms with Crippen molar-refractivity contribution in [3.8, 4) is 11.5 Å². The highest BCUT2D eigenvalue weighted by Gasteiger charge is 2.05. The number of ether oxygens (including phenoxy) is 1. The van der Waals surface area contributed by atoms with Gasteiger partial charge in [0.25, 0.3) is 0 Å². The van der Waals surface area contributed by atoms with E-state index in [1.165, 1.54) is 0 Å². The Hall–Kier alpha value is -1.70. The molecule has 0 saturated heterocycles. The third-order valence-corrected chi connectivity index (χ3v) is 2.16. The molecule has 0 heterocycles. The van der Waals surface area contributed by atoms with Gasteiger partial charge in [0.15, 0.2) is 11.5 Å². The number of hydrogen-bond donors (Lipinski definition) is 1. The lowest BCUT2D eigenvalue weighted by molar-refractivity contribution is 0.320. The van der Waals surface area contributed by atoms with Crippen molar-refractivity contribution >= 4 is 10.8 Å². The number of benzene rings is 2. The average Bonchev–Trinajstić information content (AvgIpc) is 2.23. The number of rotatable bonds is 2. The monoisotopic (exact) mass is 188 g/mol. The summed E-state index contributed by atoms with van der Waals surface area (Å²) < 4.78 is 5.29. The molecule has 0 atom stereocenters. The van der Waals surface area contributed by atoms with Crippen LogP contribution >= 0.6 is 0 Å². The third kappa shape index (κ3) is 1.39. The van der Waals surface area contributed by atoms with Gasteiger partial charge in [0, 0.05) is 5.39 Å². The summed E-state index contributed by atoms with van der Waals surface area (Å²) in [4.78, 5) is 0. The van der Waals surface area contributed by atoms with E-state index in [0.29, 0.717) is 12.4 Å². The Kier molecular flexibility index (Phi) is 2.27. The van der Waals surface area contributed by atoms with Gasteiger partial charge in [-0.15, -0.1) is 0 Å².